The predicted octanol–water partition coefficient (Wildman–Crippen LogP) is 2.60. The summed E-state index contributed by atoms with van der Waals surface area (Å²) in [6.07, 6.45) is 9.76. The number of aromatic nitrogens is 1. The van der Waals surface area contributed by atoms with Gasteiger partial charge in [-0.3, -0.25) is 4.79 Å². The summed E-state index contributed by atoms with van der Waals surface area (Å²) in [5.74, 6) is 0.346. The first-order valence-electron chi connectivity index (χ1n) is 8.36. The first kappa shape index (κ1) is 14.6. The standard InChI is InChI=1S/C17H27N3O/c1-19-11-6-10-15(19)16-9-3-2-4-12-20(16)17(21)13-7-5-8-14(13)18/h6,10-11,13-14,16H,2-5,7-9,12,18H2,1H3. The fourth-order valence-electron chi connectivity index (χ4n) is 4.01. The van der Waals surface area contributed by atoms with E-state index in [1.807, 2.05) is 0 Å². The minimum absolute atomic E-state index is 0.0471. The zero-order valence-electron chi connectivity index (χ0n) is 13.0. The molecule has 4 nitrogen and oxygen atoms in total. The Balaban J connectivity index is 1.85. The van der Waals surface area contributed by atoms with Gasteiger partial charge in [-0.2, -0.15) is 0 Å². The van der Waals surface area contributed by atoms with E-state index < -0.39 is 0 Å². The number of carbonyl (C=O) groups excluding carboxylic acids is 1. The van der Waals surface area contributed by atoms with E-state index >= 15 is 0 Å². The van der Waals surface area contributed by atoms with E-state index in [1.54, 1.807) is 0 Å². The fraction of sp³-hybridized carbons (Fsp3) is 0.706. The molecule has 1 aliphatic carbocycles. The Kier molecular flexibility index (Phi) is 4.34. The third-order valence-electron chi connectivity index (χ3n) is 5.25. The lowest BCUT2D eigenvalue weighted by Gasteiger charge is -2.33. The van der Waals surface area contributed by atoms with Crippen molar-refractivity contribution in [2.75, 3.05) is 6.54 Å². The molecule has 0 radical (unpaired) electrons. The molecule has 116 valence electrons. The number of hydrogen-bond acceptors (Lipinski definition) is 2. The molecule has 0 aromatic carbocycles. The molecule has 1 aliphatic heterocycles. The molecule has 1 amide bonds. The first-order valence-corrected chi connectivity index (χ1v) is 8.36. The van der Waals surface area contributed by atoms with Gasteiger partial charge in [0.1, 0.15) is 0 Å². The maximum Gasteiger partial charge on any atom is 0.227 e. The topological polar surface area (TPSA) is 51.3 Å². The minimum atomic E-state index is 0.0471. The van der Waals surface area contributed by atoms with Gasteiger partial charge < -0.3 is 15.2 Å². The zero-order valence-corrected chi connectivity index (χ0v) is 13.0. The van der Waals surface area contributed by atoms with Crippen molar-refractivity contribution in [3.8, 4) is 0 Å². The van der Waals surface area contributed by atoms with Gasteiger partial charge in [-0.05, 0) is 37.8 Å². The first-order chi connectivity index (χ1) is 10.2. The van der Waals surface area contributed by atoms with Gasteiger partial charge in [0.25, 0.3) is 0 Å². The summed E-state index contributed by atoms with van der Waals surface area (Å²) in [5.41, 5.74) is 7.43. The van der Waals surface area contributed by atoms with Crippen molar-refractivity contribution in [1.29, 1.82) is 0 Å². The number of carbonyl (C=O) groups is 1. The summed E-state index contributed by atoms with van der Waals surface area (Å²) in [4.78, 5) is 15.2. The van der Waals surface area contributed by atoms with Gasteiger partial charge in [0.15, 0.2) is 0 Å². The van der Waals surface area contributed by atoms with E-state index in [9.17, 15) is 4.79 Å². The molecule has 21 heavy (non-hydrogen) atoms. The van der Waals surface area contributed by atoms with E-state index in [-0.39, 0.29) is 18.0 Å². The molecule has 2 fully saturated rings. The molecule has 4 heteroatoms. The summed E-state index contributed by atoms with van der Waals surface area (Å²) in [6.45, 7) is 0.887. The van der Waals surface area contributed by atoms with Crippen LogP contribution in [-0.2, 0) is 11.8 Å². The molecular formula is C17H27N3O. The second-order valence-corrected chi connectivity index (χ2v) is 6.64. The van der Waals surface area contributed by atoms with Crippen LogP contribution in [0.2, 0.25) is 0 Å². The fourth-order valence-corrected chi connectivity index (χ4v) is 4.01. The van der Waals surface area contributed by atoms with E-state index in [0.29, 0.717) is 5.91 Å². The molecule has 2 aliphatic rings. The van der Waals surface area contributed by atoms with E-state index in [0.717, 1.165) is 38.6 Å². The van der Waals surface area contributed by atoms with Crippen LogP contribution in [0.3, 0.4) is 0 Å². The van der Waals surface area contributed by atoms with Crippen LogP contribution < -0.4 is 5.73 Å². The van der Waals surface area contributed by atoms with Gasteiger partial charge in [-0.25, -0.2) is 0 Å². The van der Waals surface area contributed by atoms with Crippen LogP contribution in [0.25, 0.3) is 0 Å². The van der Waals surface area contributed by atoms with Gasteiger partial charge in [0, 0.05) is 31.5 Å². The highest BCUT2D eigenvalue weighted by molar-refractivity contribution is 5.80. The van der Waals surface area contributed by atoms with Crippen molar-refractivity contribution in [3.05, 3.63) is 24.0 Å². The third kappa shape index (κ3) is 2.86. The van der Waals surface area contributed by atoms with E-state index in [4.69, 9.17) is 5.73 Å². The molecule has 2 N–H and O–H groups in total. The van der Waals surface area contributed by atoms with Crippen molar-refractivity contribution in [3.63, 3.8) is 0 Å². The highest BCUT2D eigenvalue weighted by Crippen LogP contribution is 2.34. The SMILES string of the molecule is Cn1cccc1C1CCCCCN1C(=O)C1CCCC1N. The second-order valence-electron chi connectivity index (χ2n) is 6.64. The summed E-state index contributed by atoms with van der Waals surface area (Å²) < 4.78 is 2.16. The molecule has 3 unspecified atom stereocenters. The van der Waals surface area contributed by atoms with Crippen molar-refractivity contribution < 1.29 is 4.79 Å². The molecule has 1 aromatic rings. The largest absolute Gasteiger partial charge is 0.353 e. The molecule has 3 atom stereocenters. The minimum Gasteiger partial charge on any atom is -0.353 e. The van der Waals surface area contributed by atoms with Crippen LogP contribution in [0.4, 0.5) is 0 Å². The molecule has 1 saturated heterocycles. The highest BCUT2D eigenvalue weighted by Gasteiger charge is 2.37. The number of nitrogens with two attached hydrogens (primary N) is 1. The number of rotatable bonds is 2. The Morgan fingerprint density at radius 2 is 2.05 bits per heavy atom. The quantitative estimate of drug-likeness (QED) is 0.910. The number of aryl methyl sites for hydroxylation is 1. The molecule has 1 aromatic heterocycles. The summed E-state index contributed by atoms with van der Waals surface area (Å²) >= 11 is 0. The number of hydrogen-bond donors (Lipinski definition) is 1. The van der Waals surface area contributed by atoms with Crippen molar-refractivity contribution in [2.45, 2.75) is 57.0 Å². The second kappa shape index (κ2) is 6.22. The number of nitrogens with zero attached hydrogens (tertiary/aromatic N) is 2. The van der Waals surface area contributed by atoms with Crippen LogP contribution in [0.1, 0.15) is 56.7 Å². The Morgan fingerprint density at radius 1 is 1.19 bits per heavy atom. The molecule has 2 heterocycles. The Hall–Kier alpha value is -1.29. The Labute approximate surface area is 127 Å². The van der Waals surface area contributed by atoms with Crippen LogP contribution >= 0.6 is 0 Å². The Morgan fingerprint density at radius 3 is 2.71 bits per heavy atom. The molecule has 1 saturated carbocycles. The lowest BCUT2D eigenvalue weighted by molar-refractivity contribution is -0.138. The summed E-state index contributed by atoms with van der Waals surface area (Å²) in [5, 5.41) is 0. The van der Waals surface area contributed by atoms with Crippen molar-refractivity contribution >= 4 is 5.91 Å². The smallest absolute Gasteiger partial charge is 0.227 e. The number of likely N-dealkylation sites (tertiary alicyclic amines) is 1. The summed E-state index contributed by atoms with van der Waals surface area (Å²) in [6, 6.07) is 4.53. The molecular weight excluding hydrogens is 262 g/mol. The van der Waals surface area contributed by atoms with Gasteiger partial charge in [-0.1, -0.05) is 19.3 Å². The average Bonchev–Trinajstić information content (AvgIpc) is 3.00. The number of amides is 1. The maximum atomic E-state index is 13.0. The van der Waals surface area contributed by atoms with E-state index in [2.05, 4.69) is 34.8 Å². The zero-order chi connectivity index (χ0) is 14.8. The Bertz CT molecular complexity index is 496. The predicted molar refractivity (Wildman–Crippen MR) is 83.7 cm³/mol. The van der Waals surface area contributed by atoms with Crippen LogP contribution in [0.5, 0.6) is 0 Å². The monoisotopic (exact) mass is 289 g/mol. The van der Waals surface area contributed by atoms with Gasteiger partial charge in [0.05, 0.1) is 12.0 Å². The molecule has 3 rings (SSSR count). The van der Waals surface area contributed by atoms with E-state index in [1.165, 1.54) is 18.5 Å². The molecule has 0 bridgehead atoms. The van der Waals surface area contributed by atoms with Gasteiger partial charge in [-0.15, -0.1) is 0 Å². The highest BCUT2D eigenvalue weighted by atomic mass is 16.2. The van der Waals surface area contributed by atoms with Crippen LogP contribution in [-0.4, -0.2) is 28.0 Å². The normalized spacial score (nSPS) is 30.4. The summed E-state index contributed by atoms with van der Waals surface area (Å²) in [7, 11) is 2.07. The maximum absolute atomic E-state index is 13.0. The van der Waals surface area contributed by atoms with Crippen molar-refractivity contribution in [1.82, 2.24) is 9.47 Å². The lowest BCUT2D eigenvalue weighted by atomic mass is 9.99. The van der Waals surface area contributed by atoms with Crippen molar-refractivity contribution in [2.24, 2.45) is 18.7 Å². The third-order valence-corrected chi connectivity index (χ3v) is 5.25. The lowest BCUT2D eigenvalue weighted by Crippen LogP contribution is -2.43. The van der Waals surface area contributed by atoms with Gasteiger partial charge >= 0.3 is 0 Å². The molecule has 0 spiro atoms. The van der Waals surface area contributed by atoms with Crippen LogP contribution in [0.15, 0.2) is 18.3 Å². The average molecular weight is 289 g/mol. The van der Waals surface area contributed by atoms with Gasteiger partial charge in [0.2, 0.25) is 5.91 Å². The van der Waals surface area contributed by atoms with Crippen LogP contribution in [0, 0.1) is 5.92 Å².